The predicted octanol–water partition coefficient (Wildman–Crippen LogP) is 3.94. The van der Waals surface area contributed by atoms with E-state index in [-0.39, 0.29) is 18.0 Å². The lowest BCUT2D eigenvalue weighted by molar-refractivity contribution is -0.385. The van der Waals surface area contributed by atoms with Crippen molar-refractivity contribution in [2.75, 3.05) is 7.11 Å². The van der Waals surface area contributed by atoms with Crippen LogP contribution in [-0.4, -0.2) is 12.0 Å². The molecule has 0 N–H and O–H groups in total. The number of rotatable bonds is 5. The van der Waals surface area contributed by atoms with Gasteiger partial charge in [-0.15, -0.1) is 0 Å². The fourth-order valence-corrected chi connectivity index (χ4v) is 2.28. The molecule has 0 bridgehead atoms. The molecule has 0 aliphatic heterocycles. The second kappa shape index (κ2) is 6.38. The second-order valence-electron chi connectivity index (χ2n) is 3.98. The molecule has 0 atom stereocenters. The second-order valence-corrected chi connectivity index (χ2v) is 4.84. The number of ether oxygens (including phenoxy) is 2. The van der Waals surface area contributed by atoms with Crippen molar-refractivity contribution in [2.24, 2.45) is 0 Å². The molecule has 0 aromatic heterocycles. The number of halogens is 1. The van der Waals surface area contributed by atoms with Gasteiger partial charge in [0, 0.05) is 6.07 Å². The van der Waals surface area contributed by atoms with E-state index in [1.165, 1.54) is 6.07 Å². The standard InChI is InChI=1S/C14H12BrNO4/c1-19-13-7-6-10(8-11(13)15)9-20-14-5-3-2-4-12(14)16(17)18/h2-8H,9H2,1H3. The third-order valence-electron chi connectivity index (χ3n) is 2.67. The zero-order valence-corrected chi connectivity index (χ0v) is 12.3. The predicted molar refractivity (Wildman–Crippen MR) is 78.1 cm³/mol. The molecule has 2 aromatic carbocycles. The van der Waals surface area contributed by atoms with E-state index in [0.29, 0.717) is 0 Å². The Balaban J connectivity index is 2.13. The summed E-state index contributed by atoms with van der Waals surface area (Å²) < 4.78 is 11.5. The maximum absolute atomic E-state index is 10.9. The van der Waals surface area contributed by atoms with Gasteiger partial charge in [0.25, 0.3) is 0 Å². The van der Waals surface area contributed by atoms with E-state index in [9.17, 15) is 10.1 Å². The Morgan fingerprint density at radius 1 is 1.20 bits per heavy atom. The van der Waals surface area contributed by atoms with Gasteiger partial charge in [0.15, 0.2) is 5.75 Å². The molecule has 0 saturated heterocycles. The van der Waals surface area contributed by atoms with Crippen molar-refractivity contribution in [3.8, 4) is 11.5 Å². The maximum atomic E-state index is 10.9. The third-order valence-corrected chi connectivity index (χ3v) is 3.29. The van der Waals surface area contributed by atoms with Crippen molar-refractivity contribution in [3.63, 3.8) is 0 Å². The molecule has 2 rings (SSSR count). The van der Waals surface area contributed by atoms with Crippen LogP contribution < -0.4 is 9.47 Å². The van der Waals surface area contributed by atoms with Crippen LogP contribution >= 0.6 is 15.9 Å². The van der Waals surface area contributed by atoms with E-state index in [2.05, 4.69) is 15.9 Å². The molecule has 2 aromatic rings. The minimum atomic E-state index is -0.459. The van der Waals surface area contributed by atoms with Gasteiger partial charge >= 0.3 is 5.69 Å². The van der Waals surface area contributed by atoms with Gasteiger partial charge in [-0.25, -0.2) is 0 Å². The van der Waals surface area contributed by atoms with Gasteiger partial charge in [0.1, 0.15) is 12.4 Å². The number of para-hydroxylation sites is 2. The summed E-state index contributed by atoms with van der Waals surface area (Å²) in [6.45, 7) is 0.243. The highest BCUT2D eigenvalue weighted by molar-refractivity contribution is 9.10. The van der Waals surface area contributed by atoms with Crippen molar-refractivity contribution >= 4 is 21.6 Å². The molecule has 0 heterocycles. The van der Waals surface area contributed by atoms with Crippen LogP contribution in [0.5, 0.6) is 11.5 Å². The molecular weight excluding hydrogens is 326 g/mol. The molecule has 6 heteroatoms. The maximum Gasteiger partial charge on any atom is 0.310 e. The fourth-order valence-electron chi connectivity index (χ4n) is 1.69. The van der Waals surface area contributed by atoms with Gasteiger partial charge in [0.2, 0.25) is 0 Å². The molecular formula is C14H12BrNO4. The number of benzene rings is 2. The third kappa shape index (κ3) is 3.27. The quantitative estimate of drug-likeness (QED) is 0.612. The van der Waals surface area contributed by atoms with Crippen LogP contribution in [-0.2, 0) is 6.61 Å². The van der Waals surface area contributed by atoms with Gasteiger partial charge in [-0.1, -0.05) is 18.2 Å². The van der Waals surface area contributed by atoms with Crippen molar-refractivity contribution in [3.05, 3.63) is 62.6 Å². The average Bonchev–Trinajstić information content (AvgIpc) is 2.45. The highest BCUT2D eigenvalue weighted by atomic mass is 79.9. The lowest BCUT2D eigenvalue weighted by Crippen LogP contribution is -1.99. The Kier molecular flexibility index (Phi) is 4.57. The van der Waals surface area contributed by atoms with Crippen LogP contribution in [0.3, 0.4) is 0 Å². The number of nitro benzene ring substituents is 1. The Hall–Kier alpha value is -2.08. The molecule has 104 valence electrons. The van der Waals surface area contributed by atoms with Crippen LogP contribution in [0.2, 0.25) is 0 Å². The van der Waals surface area contributed by atoms with Gasteiger partial charge in [-0.3, -0.25) is 10.1 Å². The summed E-state index contributed by atoms with van der Waals surface area (Å²) in [5, 5.41) is 10.9. The van der Waals surface area contributed by atoms with E-state index in [1.54, 1.807) is 25.3 Å². The highest BCUT2D eigenvalue weighted by Crippen LogP contribution is 2.29. The summed E-state index contributed by atoms with van der Waals surface area (Å²) in [5.74, 6) is 0.976. The van der Waals surface area contributed by atoms with Crippen molar-refractivity contribution in [2.45, 2.75) is 6.61 Å². The summed E-state index contributed by atoms with van der Waals surface area (Å²) in [6.07, 6.45) is 0. The van der Waals surface area contributed by atoms with Gasteiger partial charge in [-0.2, -0.15) is 0 Å². The normalized spacial score (nSPS) is 10.1. The first-order chi connectivity index (χ1) is 9.61. The number of hydrogen-bond donors (Lipinski definition) is 0. The first-order valence-electron chi connectivity index (χ1n) is 5.80. The zero-order chi connectivity index (χ0) is 14.5. The summed E-state index contributed by atoms with van der Waals surface area (Å²) in [7, 11) is 1.59. The minimum absolute atomic E-state index is 0.0416. The lowest BCUT2D eigenvalue weighted by Gasteiger charge is -2.08. The smallest absolute Gasteiger partial charge is 0.310 e. The Labute approximate surface area is 124 Å². The molecule has 0 unspecified atom stereocenters. The monoisotopic (exact) mass is 337 g/mol. The summed E-state index contributed by atoms with van der Waals surface area (Å²) in [4.78, 5) is 10.4. The first kappa shape index (κ1) is 14.3. The molecule has 5 nitrogen and oxygen atoms in total. The Morgan fingerprint density at radius 2 is 1.95 bits per heavy atom. The molecule has 0 spiro atoms. The topological polar surface area (TPSA) is 61.6 Å². The molecule has 0 aliphatic rings. The van der Waals surface area contributed by atoms with Gasteiger partial charge < -0.3 is 9.47 Å². The lowest BCUT2D eigenvalue weighted by atomic mass is 10.2. The number of methoxy groups -OCH3 is 1. The van der Waals surface area contributed by atoms with E-state index in [0.717, 1.165) is 15.8 Å². The number of hydrogen-bond acceptors (Lipinski definition) is 4. The minimum Gasteiger partial charge on any atom is -0.496 e. The van der Waals surface area contributed by atoms with E-state index in [1.807, 2.05) is 18.2 Å². The molecule has 0 radical (unpaired) electrons. The van der Waals surface area contributed by atoms with Crippen LogP contribution in [0.4, 0.5) is 5.69 Å². The van der Waals surface area contributed by atoms with E-state index >= 15 is 0 Å². The van der Waals surface area contributed by atoms with E-state index in [4.69, 9.17) is 9.47 Å². The van der Waals surface area contributed by atoms with Gasteiger partial charge in [0.05, 0.1) is 16.5 Å². The number of nitro groups is 1. The SMILES string of the molecule is COc1ccc(COc2ccccc2[N+](=O)[O-])cc1Br. The zero-order valence-electron chi connectivity index (χ0n) is 10.7. The Bertz CT molecular complexity index is 630. The Morgan fingerprint density at radius 3 is 2.60 bits per heavy atom. The van der Waals surface area contributed by atoms with E-state index < -0.39 is 4.92 Å². The summed E-state index contributed by atoms with van der Waals surface area (Å²) in [6, 6.07) is 11.8. The van der Waals surface area contributed by atoms with Gasteiger partial charge in [-0.05, 0) is 39.7 Å². The fraction of sp³-hybridized carbons (Fsp3) is 0.143. The van der Waals surface area contributed by atoms with Crippen LogP contribution in [0.25, 0.3) is 0 Å². The molecule has 0 saturated carbocycles. The van der Waals surface area contributed by atoms with Crippen molar-refractivity contribution in [1.82, 2.24) is 0 Å². The molecule has 0 amide bonds. The van der Waals surface area contributed by atoms with Crippen molar-refractivity contribution in [1.29, 1.82) is 0 Å². The number of nitrogens with zero attached hydrogens (tertiary/aromatic N) is 1. The van der Waals surface area contributed by atoms with Crippen molar-refractivity contribution < 1.29 is 14.4 Å². The summed E-state index contributed by atoms with van der Waals surface area (Å²) in [5.41, 5.74) is 0.843. The van der Waals surface area contributed by atoms with Crippen LogP contribution in [0.15, 0.2) is 46.9 Å². The summed E-state index contributed by atoms with van der Waals surface area (Å²) >= 11 is 3.38. The van der Waals surface area contributed by atoms with Crippen LogP contribution in [0.1, 0.15) is 5.56 Å². The first-order valence-corrected chi connectivity index (χ1v) is 6.59. The molecule has 0 fully saturated rings. The largest absolute Gasteiger partial charge is 0.496 e. The molecule has 20 heavy (non-hydrogen) atoms. The molecule has 0 aliphatic carbocycles. The van der Waals surface area contributed by atoms with Crippen LogP contribution in [0, 0.1) is 10.1 Å². The average molecular weight is 338 g/mol. The highest BCUT2D eigenvalue weighted by Gasteiger charge is 2.13.